The van der Waals surface area contributed by atoms with Gasteiger partial charge in [-0.05, 0) is 65.5 Å². The SMILES string of the molecule is Cc1cc(Cl)cc(C)c1Oc1ncc(N)c(C)c1Br. The van der Waals surface area contributed by atoms with Gasteiger partial charge in [0.25, 0.3) is 0 Å². The maximum absolute atomic E-state index is 6.01. The van der Waals surface area contributed by atoms with Crippen molar-refractivity contribution >= 4 is 33.2 Å². The normalized spacial score (nSPS) is 10.6. The molecule has 0 fully saturated rings. The van der Waals surface area contributed by atoms with Crippen LogP contribution in [0.25, 0.3) is 0 Å². The van der Waals surface area contributed by atoms with Gasteiger partial charge >= 0.3 is 0 Å². The Morgan fingerprint density at radius 2 is 1.79 bits per heavy atom. The minimum atomic E-state index is 0.500. The van der Waals surface area contributed by atoms with Gasteiger partial charge in [-0.25, -0.2) is 4.98 Å². The first-order valence-corrected chi connectivity index (χ1v) is 6.92. The molecule has 1 heterocycles. The van der Waals surface area contributed by atoms with Gasteiger partial charge in [0.2, 0.25) is 5.88 Å². The van der Waals surface area contributed by atoms with Gasteiger partial charge in [-0.2, -0.15) is 0 Å². The summed E-state index contributed by atoms with van der Waals surface area (Å²) in [7, 11) is 0. The van der Waals surface area contributed by atoms with Crippen LogP contribution < -0.4 is 10.5 Å². The summed E-state index contributed by atoms with van der Waals surface area (Å²) < 4.78 is 6.65. The largest absolute Gasteiger partial charge is 0.437 e. The summed E-state index contributed by atoms with van der Waals surface area (Å²) >= 11 is 9.46. The van der Waals surface area contributed by atoms with Crippen LogP contribution in [-0.4, -0.2) is 4.98 Å². The molecule has 3 nitrogen and oxygen atoms in total. The molecule has 2 rings (SSSR count). The van der Waals surface area contributed by atoms with E-state index in [0.717, 1.165) is 26.9 Å². The number of halogens is 2. The maximum Gasteiger partial charge on any atom is 0.234 e. The second-order valence-electron chi connectivity index (χ2n) is 4.43. The fourth-order valence-corrected chi connectivity index (χ4v) is 2.53. The lowest BCUT2D eigenvalue weighted by atomic mass is 10.1. The first-order valence-electron chi connectivity index (χ1n) is 5.75. The lowest BCUT2D eigenvalue weighted by molar-refractivity contribution is 0.452. The Balaban J connectivity index is 2.45. The highest BCUT2D eigenvalue weighted by Gasteiger charge is 2.13. The van der Waals surface area contributed by atoms with Crippen LogP contribution in [0.1, 0.15) is 16.7 Å². The lowest BCUT2D eigenvalue weighted by Crippen LogP contribution is -1.98. The summed E-state index contributed by atoms with van der Waals surface area (Å²) in [6, 6.07) is 3.73. The van der Waals surface area contributed by atoms with Crippen LogP contribution in [0.5, 0.6) is 11.6 Å². The standard InChI is InChI=1S/C14H14BrClN2O/c1-7-4-10(16)5-8(2)13(7)19-14-12(15)9(3)11(17)6-18-14/h4-6H,17H2,1-3H3. The monoisotopic (exact) mass is 340 g/mol. The van der Waals surface area contributed by atoms with E-state index in [2.05, 4.69) is 20.9 Å². The highest BCUT2D eigenvalue weighted by Crippen LogP contribution is 2.36. The highest BCUT2D eigenvalue weighted by atomic mass is 79.9. The summed E-state index contributed by atoms with van der Waals surface area (Å²) in [6.45, 7) is 5.81. The molecule has 0 aliphatic rings. The number of nitrogen functional groups attached to an aromatic ring is 1. The van der Waals surface area contributed by atoms with Crippen LogP contribution >= 0.6 is 27.5 Å². The maximum atomic E-state index is 6.01. The zero-order valence-corrected chi connectivity index (χ0v) is 13.3. The van der Waals surface area contributed by atoms with Gasteiger partial charge in [-0.1, -0.05) is 11.6 Å². The summed E-state index contributed by atoms with van der Waals surface area (Å²) in [5.41, 5.74) is 9.27. The van der Waals surface area contributed by atoms with Gasteiger partial charge in [0.1, 0.15) is 5.75 Å². The number of aryl methyl sites for hydroxylation is 2. The summed E-state index contributed by atoms with van der Waals surface area (Å²) in [6.07, 6.45) is 1.59. The van der Waals surface area contributed by atoms with Gasteiger partial charge in [-0.3, -0.25) is 0 Å². The molecular formula is C14H14BrClN2O. The fourth-order valence-electron chi connectivity index (χ4n) is 1.80. The van der Waals surface area contributed by atoms with Gasteiger partial charge < -0.3 is 10.5 Å². The van der Waals surface area contributed by atoms with Crippen LogP contribution in [0.3, 0.4) is 0 Å². The van der Waals surface area contributed by atoms with Gasteiger partial charge in [0.05, 0.1) is 16.4 Å². The van der Waals surface area contributed by atoms with Crippen LogP contribution in [0.15, 0.2) is 22.8 Å². The average molecular weight is 342 g/mol. The summed E-state index contributed by atoms with van der Waals surface area (Å²) in [5, 5.41) is 0.697. The summed E-state index contributed by atoms with van der Waals surface area (Å²) in [4.78, 5) is 4.21. The molecule has 2 N–H and O–H groups in total. The van der Waals surface area contributed by atoms with E-state index in [1.807, 2.05) is 32.9 Å². The third-order valence-corrected chi connectivity index (χ3v) is 4.05. The first kappa shape index (κ1) is 14.2. The Labute approximate surface area is 125 Å². The van der Waals surface area contributed by atoms with E-state index in [9.17, 15) is 0 Å². The number of nitrogens with two attached hydrogens (primary N) is 1. The van der Waals surface area contributed by atoms with Gasteiger partial charge in [0, 0.05) is 5.02 Å². The van der Waals surface area contributed by atoms with Crippen molar-refractivity contribution < 1.29 is 4.74 Å². The van der Waals surface area contributed by atoms with E-state index >= 15 is 0 Å². The zero-order valence-electron chi connectivity index (χ0n) is 10.9. The predicted octanol–water partition coefficient (Wildman–Crippen LogP) is 4.80. The number of rotatable bonds is 2. The molecule has 2 aromatic rings. The minimum Gasteiger partial charge on any atom is -0.437 e. The van der Waals surface area contributed by atoms with Crippen molar-refractivity contribution in [2.24, 2.45) is 0 Å². The van der Waals surface area contributed by atoms with Crippen LogP contribution in [0.2, 0.25) is 5.02 Å². The highest BCUT2D eigenvalue weighted by molar-refractivity contribution is 9.10. The fraction of sp³-hybridized carbons (Fsp3) is 0.214. The van der Waals surface area contributed by atoms with Crippen LogP contribution in [-0.2, 0) is 0 Å². The van der Waals surface area contributed by atoms with E-state index in [-0.39, 0.29) is 0 Å². The molecule has 0 bridgehead atoms. The number of anilines is 1. The van der Waals surface area contributed by atoms with Gasteiger partial charge in [-0.15, -0.1) is 0 Å². The Hall–Kier alpha value is -1.26. The molecule has 1 aromatic heterocycles. The molecule has 1 aromatic carbocycles. The number of hydrogen-bond acceptors (Lipinski definition) is 3. The molecule has 19 heavy (non-hydrogen) atoms. The Morgan fingerprint density at radius 3 is 2.37 bits per heavy atom. The van der Waals surface area contributed by atoms with E-state index in [1.165, 1.54) is 0 Å². The average Bonchev–Trinajstić information content (AvgIpc) is 2.33. The summed E-state index contributed by atoms with van der Waals surface area (Å²) in [5.74, 6) is 1.27. The molecule has 100 valence electrons. The Bertz CT molecular complexity index is 621. The molecule has 0 saturated carbocycles. The van der Waals surface area contributed by atoms with Crippen molar-refractivity contribution in [3.63, 3.8) is 0 Å². The van der Waals surface area contributed by atoms with Crippen molar-refractivity contribution in [3.05, 3.63) is 44.5 Å². The predicted molar refractivity (Wildman–Crippen MR) is 82.1 cm³/mol. The third-order valence-electron chi connectivity index (χ3n) is 2.89. The van der Waals surface area contributed by atoms with E-state index in [1.54, 1.807) is 6.20 Å². The molecule has 0 saturated heterocycles. The second-order valence-corrected chi connectivity index (χ2v) is 5.66. The van der Waals surface area contributed by atoms with Crippen molar-refractivity contribution in [2.45, 2.75) is 20.8 Å². The Morgan fingerprint density at radius 1 is 1.21 bits per heavy atom. The molecule has 0 aliphatic heterocycles. The van der Waals surface area contributed by atoms with Gasteiger partial charge in [0.15, 0.2) is 0 Å². The van der Waals surface area contributed by atoms with Crippen LogP contribution in [0, 0.1) is 20.8 Å². The lowest BCUT2D eigenvalue weighted by Gasteiger charge is -2.14. The molecule has 0 amide bonds. The molecule has 0 atom stereocenters. The van der Waals surface area contributed by atoms with Crippen molar-refractivity contribution in [1.82, 2.24) is 4.98 Å². The molecule has 0 spiro atoms. The smallest absolute Gasteiger partial charge is 0.234 e. The quantitative estimate of drug-likeness (QED) is 0.853. The van der Waals surface area contributed by atoms with E-state index in [0.29, 0.717) is 16.6 Å². The molecular weight excluding hydrogens is 328 g/mol. The third kappa shape index (κ3) is 2.85. The molecule has 0 radical (unpaired) electrons. The van der Waals surface area contributed by atoms with Crippen molar-refractivity contribution in [3.8, 4) is 11.6 Å². The number of aromatic nitrogens is 1. The number of hydrogen-bond donors (Lipinski definition) is 1. The van der Waals surface area contributed by atoms with Crippen molar-refractivity contribution in [2.75, 3.05) is 5.73 Å². The molecule has 0 unspecified atom stereocenters. The number of ether oxygens (including phenoxy) is 1. The van der Waals surface area contributed by atoms with Crippen molar-refractivity contribution in [1.29, 1.82) is 0 Å². The minimum absolute atomic E-state index is 0.500. The van der Waals surface area contributed by atoms with E-state index < -0.39 is 0 Å². The first-order chi connectivity index (χ1) is 8.90. The van der Waals surface area contributed by atoms with Crippen LogP contribution in [0.4, 0.5) is 5.69 Å². The molecule has 0 aliphatic carbocycles. The topological polar surface area (TPSA) is 48.1 Å². The van der Waals surface area contributed by atoms with E-state index in [4.69, 9.17) is 22.1 Å². The zero-order chi connectivity index (χ0) is 14.2. The molecule has 5 heteroatoms. The Kier molecular flexibility index (Phi) is 4.02. The number of nitrogens with zero attached hydrogens (tertiary/aromatic N) is 1. The number of benzene rings is 1. The number of pyridine rings is 1. The second kappa shape index (κ2) is 5.39.